The highest BCUT2D eigenvalue weighted by molar-refractivity contribution is 5.94. The van der Waals surface area contributed by atoms with Crippen LogP contribution in [0.25, 0.3) is 0 Å². The van der Waals surface area contributed by atoms with Gasteiger partial charge in [0, 0.05) is 24.9 Å². The average Bonchev–Trinajstić information content (AvgIpc) is 3.16. The van der Waals surface area contributed by atoms with Crippen molar-refractivity contribution in [2.45, 2.75) is 63.6 Å². The van der Waals surface area contributed by atoms with E-state index in [1.165, 1.54) is 19.3 Å². The molecule has 1 unspecified atom stereocenters. The molecule has 1 heterocycles. The second kappa shape index (κ2) is 8.85. The van der Waals surface area contributed by atoms with Gasteiger partial charge in [-0.25, -0.2) is 4.79 Å². The van der Waals surface area contributed by atoms with E-state index in [0.717, 1.165) is 36.9 Å². The van der Waals surface area contributed by atoms with E-state index in [9.17, 15) is 9.59 Å². The minimum atomic E-state index is -0.344. The first kappa shape index (κ1) is 17.7. The third kappa shape index (κ3) is 5.46. The second-order valence-corrected chi connectivity index (χ2v) is 6.85. The molecule has 136 valence electrons. The lowest BCUT2D eigenvalue weighted by atomic mass is 9.96. The number of ether oxygens (including phenoxy) is 1. The summed E-state index contributed by atoms with van der Waals surface area (Å²) in [6.45, 7) is 1.08. The zero-order valence-electron chi connectivity index (χ0n) is 14.6. The van der Waals surface area contributed by atoms with Crippen molar-refractivity contribution >= 4 is 17.6 Å². The van der Waals surface area contributed by atoms with E-state index >= 15 is 0 Å². The van der Waals surface area contributed by atoms with Gasteiger partial charge in [-0.2, -0.15) is 0 Å². The summed E-state index contributed by atoms with van der Waals surface area (Å²) >= 11 is 0. The number of nitrogens with one attached hydrogen (secondary N) is 3. The molecule has 0 aromatic heterocycles. The normalized spacial score (nSPS) is 20.9. The number of urea groups is 1. The molecule has 1 aromatic carbocycles. The summed E-state index contributed by atoms with van der Waals surface area (Å²) in [6, 6.07) is 7.71. The van der Waals surface area contributed by atoms with Crippen LogP contribution in [0.1, 0.15) is 50.5 Å². The van der Waals surface area contributed by atoms with Gasteiger partial charge in [0.05, 0.1) is 0 Å². The number of hydrogen-bond donors (Lipinski definition) is 3. The van der Waals surface area contributed by atoms with Crippen molar-refractivity contribution in [3.8, 4) is 0 Å². The maximum atomic E-state index is 12.1. The summed E-state index contributed by atoms with van der Waals surface area (Å²) in [5, 5.41) is 8.82. The molecular formula is C19H27N3O3. The third-order valence-corrected chi connectivity index (χ3v) is 4.81. The van der Waals surface area contributed by atoms with Crippen LogP contribution in [0.4, 0.5) is 10.5 Å². The number of carbonyl (C=O) groups excluding carboxylic acids is 2. The number of anilines is 1. The Morgan fingerprint density at radius 1 is 1.08 bits per heavy atom. The van der Waals surface area contributed by atoms with Gasteiger partial charge in [0.2, 0.25) is 0 Å². The van der Waals surface area contributed by atoms with E-state index < -0.39 is 0 Å². The molecule has 6 heteroatoms. The largest absolute Gasteiger partial charge is 0.368 e. The van der Waals surface area contributed by atoms with Crippen molar-refractivity contribution in [3.63, 3.8) is 0 Å². The summed E-state index contributed by atoms with van der Waals surface area (Å²) in [4.78, 5) is 24.1. The number of rotatable bonds is 5. The average molecular weight is 345 g/mol. The minimum Gasteiger partial charge on any atom is -0.368 e. The third-order valence-electron chi connectivity index (χ3n) is 4.81. The predicted octanol–water partition coefficient (Wildman–Crippen LogP) is 2.94. The van der Waals surface area contributed by atoms with Crippen molar-refractivity contribution in [3.05, 3.63) is 29.8 Å². The molecule has 1 aliphatic carbocycles. The molecule has 25 heavy (non-hydrogen) atoms. The molecule has 1 saturated heterocycles. The van der Waals surface area contributed by atoms with Gasteiger partial charge in [-0.05, 0) is 43.4 Å². The van der Waals surface area contributed by atoms with Gasteiger partial charge < -0.3 is 20.7 Å². The van der Waals surface area contributed by atoms with Gasteiger partial charge in [-0.1, -0.05) is 31.4 Å². The first-order chi connectivity index (χ1) is 12.2. The van der Waals surface area contributed by atoms with Crippen LogP contribution in [0.15, 0.2) is 24.3 Å². The van der Waals surface area contributed by atoms with Crippen LogP contribution in [0.3, 0.4) is 0 Å². The molecule has 3 amide bonds. The summed E-state index contributed by atoms with van der Waals surface area (Å²) in [5.41, 5.74) is 1.68. The first-order valence-electron chi connectivity index (χ1n) is 9.26. The van der Waals surface area contributed by atoms with Crippen LogP contribution in [-0.4, -0.2) is 30.7 Å². The van der Waals surface area contributed by atoms with Gasteiger partial charge in [0.1, 0.15) is 6.10 Å². The number of hydrogen-bond acceptors (Lipinski definition) is 3. The van der Waals surface area contributed by atoms with Crippen LogP contribution in [0.2, 0.25) is 0 Å². The molecule has 3 rings (SSSR count). The molecule has 3 N–H and O–H groups in total. The predicted molar refractivity (Wildman–Crippen MR) is 96.3 cm³/mol. The monoisotopic (exact) mass is 345 g/mol. The Bertz CT molecular complexity index is 593. The van der Waals surface area contributed by atoms with Gasteiger partial charge in [-0.15, -0.1) is 0 Å². The molecular weight excluding hydrogens is 318 g/mol. The summed E-state index contributed by atoms with van der Waals surface area (Å²) < 4.78 is 5.39. The highest BCUT2D eigenvalue weighted by atomic mass is 16.5. The zero-order chi connectivity index (χ0) is 17.5. The van der Waals surface area contributed by atoms with Gasteiger partial charge in [-0.3, -0.25) is 4.79 Å². The highest BCUT2D eigenvalue weighted by Gasteiger charge is 2.23. The molecule has 0 bridgehead atoms. The lowest BCUT2D eigenvalue weighted by Gasteiger charge is -2.22. The minimum absolute atomic E-state index is 0.0994. The molecule has 2 fully saturated rings. The SMILES string of the molecule is O=C(NCc1cccc(NC(=O)C2CCCO2)c1)NC1CCCCC1. The quantitative estimate of drug-likeness (QED) is 0.768. The molecule has 1 aliphatic heterocycles. The summed E-state index contributed by atoms with van der Waals surface area (Å²) in [6.07, 6.45) is 7.14. The Morgan fingerprint density at radius 3 is 2.68 bits per heavy atom. The molecule has 1 atom stereocenters. The smallest absolute Gasteiger partial charge is 0.315 e. The van der Waals surface area contributed by atoms with E-state index in [0.29, 0.717) is 19.2 Å². The molecule has 1 aromatic rings. The van der Waals surface area contributed by atoms with Crippen LogP contribution in [0.5, 0.6) is 0 Å². The molecule has 2 aliphatic rings. The molecule has 1 saturated carbocycles. The molecule has 0 spiro atoms. The van der Waals surface area contributed by atoms with Gasteiger partial charge in [0.25, 0.3) is 5.91 Å². The fourth-order valence-corrected chi connectivity index (χ4v) is 3.43. The van der Waals surface area contributed by atoms with Crippen molar-refractivity contribution in [1.29, 1.82) is 0 Å². The Hall–Kier alpha value is -2.08. The van der Waals surface area contributed by atoms with E-state index in [2.05, 4.69) is 16.0 Å². The van der Waals surface area contributed by atoms with Crippen LogP contribution in [0, 0.1) is 0 Å². The highest BCUT2D eigenvalue weighted by Crippen LogP contribution is 2.18. The van der Waals surface area contributed by atoms with E-state index in [4.69, 9.17) is 4.74 Å². The van der Waals surface area contributed by atoms with Crippen molar-refractivity contribution in [2.24, 2.45) is 0 Å². The first-order valence-corrected chi connectivity index (χ1v) is 9.26. The number of amides is 3. The standard InChI is InChI=1S/C19H27N3O3/c23-18(17-10-5-11-25-17)21-16-9-4-6-14(12-16)13-20-19(24)22-15-7-2-1-3-8-15/h4,6,9,12,15,17H,1-3,5,7-8,10-11,13H2,(H,21,23)(H2,20,22,24). The Kier molecular flexibility index (Phi) is 6.28. The summed E-state index contributed by atoms with van der Waals surface area (Å²) in [7, 11) is 0. The summed E-state index contributed by atoms with van der Waals surface area (Å²) in [5.74, 6) is -0.0994. The number of benzene rings is 1. The molecule has 0 radical (unpaired) electrons. The number of carbonyl (C=O) groups is 2. The fourth-order valence-electron chi connectivity index (χ4n) is 3.43. The van der Waals surface area contributed by atoms with Crippen molar-refractivity contribution < 1.29 is 14.3 Å². The van der Waals surface area contributed by atoms with E-state index in [1.54, 1.807) is 0 Å². The maximum absolute atomic E-state index is 12.1. The maximum Gasteiger partial charge on any atom is 0.315 e. The Morgan fingerprint density at radius 2 is 1.92 bits per heavy atom. The second-order valence-electron chi connectivity index (χ2n) is 6.85. The fraction of sp³-hybridized carbons (Fsp3) is 0.579. The van der Waals surface area contributed by atoms with E-state index in [1.807, 2.05) is 24.3 Å². The zero-order valence-corrected chi connectivity index (χ0v) is 14.6. The topological polar surface area (TPSA) is 79.5 Å². The van der Waals surface area contributed by atoms with Gasteiger partial charge in [0.15, 0.2) is 0 Å². The van der Waals surface area contributed by atoms with Crippen LogP contribution >= 0.6 is 0 Å². The Balaban J connectivity index is 1.46. The van der Waals surface area contributed by atoms with Crippen molar-refractivity contribution in [2.75, 3.05) is 11.9 Å². The van der Waals surface area contributed by atoms with Crippen LogP contribution in [-0.2, 0) is 16.1 Å². The van der Waals surface area contributed by atoms with E-state index in [-0.39, 0.29) is 18.0 Å². The Labute approximate surface area is 148 Å². The van der Waals surface area contributed by atoms with Crippen LogP contribution < -0.4 is 16.0 Å². The molecule has 6 nitrogen and oxygen atoms in total. The van der Waals surface area contributed by atoms with Gasteiger partial charge >= 0.3 is 6.03 Å². The lowest BCUT2D eigenvalue weighted by Crippen LogP contribution is -2.42. The van der Waals surface area contributed by atoms with Crippen molar-refractivity contribution in [1.82, 2.24) is 10.6 Å². The lowest BCUT2D eigenvalue weighted by molar-refractivity contribution is -0.124.